The molecule has 3 N–H and O–H groups in total. The number of nitrogens with two attached hydrogens (primary N) is 1. The number of fused-ring (bicyclic) bond motifs is 1. The van der Waals surface area contributed by atoms with E-state index in [0.717, 1.165) is 5.39 Å². The van der Waals surface area contributed by atoms with Crippen molar-refractivity contribution >= 4 is 16.7 Å². The van der Waals surface area contributed by atoms with Crippen molar-refractivity contribution in [3.05, 3.63) is 30.1 Å². The molecule has 0 amide bonds. The molecule has 78 valence electrons. The lowest BCUT2D eigenvalue weighted by atomic mass is 10.0. The molecule has 0 aliphatic carbocycles. The molecule has 0 saturated heterocycles. The van der Waals surface area contributed by atoms with Gasteiger partial charge in [0.1, 0.15) is 5.60 Å². The van der Waals surface area contributed by atoms with Crippen molar-refractivity contribution in [3.8, 4) is 0 Å². The number of nitrogen functional groups attached to an aromatic ring is 1. The van der Waals surface area contributed by atoms with Crippen LogP contribution in [0.1, 0.15) is 19.5 Å². The predicted octanol–water partition coefficient (Wildman–Crippen LogP) is 1.44. The molecule has 2 aromatic heterocycles. The van der Waals surface area contributed by atoms with E-state index in [2.05, 4.69) is 9.97 Å². The summed E-state index contributed by atoms with van der Waals surface area (Å²) in [4.78, 5) is 8.38. The van der Waals surface area contributed by atoms with E-state index in [1.165, 1.54) is 0 Å². The molecule has 0 fully saturated rings. The molecule has 2 heterocycles. The van der Waals surface area contributed by atoms with Crippen molar-refractivity contribution in [2.75, 3.05) is 5.73 Å². The van der Waals surface area contributed by atoms with Crippen LogP contribution in [-0.2, 0) is 5.60 Å². The normalized spacial score (nSPS) is 11.9. The second-order valence-electron chi connectivity index (χ2n) is 4.04. The van der Waals surface area contributed by atoms with Crippen LogP contribution in [0.25, 0.3) is 11.0 Å². The van der Waals surface area contributed by atoms with Gasteiger partial charge in [-0.15, -0.1) is 0 Å². The molecule has 4 nitrogen and oxygen atoms in total. The van der Waals surface area contributed by atoms with Crippen molar-refractivity contribution in [2.45, 2.75) is 19.4 Å². The summed E-state index contributed by atoms with van der Waals surface area (Å²) in [5.74, 6) is 0. The molecule has 0 saturated carbocycles. The van der Waals surface area contributed by atoms with Gasteiger partial charge < -0.3 is 10.8 Å². The van der Waals surface area contributed by atoms with Crippen LogP contribution in [0.5, 0.6) is 0 Å². The molecule has 0 atom stereocenters. The highest BCUT2D eigenvalue weighted by Gasteiger charge is 2.21. The maximum Gasteiger partial charge on any atom is 0.159 e. The summed E-state index contributed by atoms with van der Waals surface area (Å²) in [6, 6.07) is 5.50. The fraction of sp³-hybridized carbons (Fsp3) is 0.273. The molecule has 0 bridgehead atoms. The second-order valence-corrected chi connectivity index (χ2v) is 4.04. The summed E-state index contributed by atoms with van der Waals surface area (Å²) in [6.45, 7) is 3.31. The highest BCUT2D eigenvalue weighted by atomic mass is 16.3. The van der Waals surface area contributed by atoms with Crippen LogP contribution in [-0.4, -0.2) is 15.1 Å². The van der Waals surface area contributed by atoms with Crippen molar-refractivity contribution < 1.29 is 5.11 Å². The summed E-state index contributed by atoms with van der Waals surface area (Å²) in [6.07, 6.45) is 1.67. The minimum absolute atomic E-state index is 0.466. The molecular weight excluding hydrogens is 190 g/mol. The van der Waals surface area contributed by atoms with Crippen molar-refractivity contribution in [2.24, 2.45) is 0 Å². The minimum atomic E-state index is -1.05. The molecule has 4 heteroatoms. The quantitative estimate of drug-likeness (QED) is 0.735. The summed E-state index contributed by atoms with van der Waals surface area (Å²) in [7, 11) is 0. The first-order valence-electron chi connectivity index (χ1n) is 4.72. The highest BCUT2D eigenvalue weighted by molar-refractivity contribution is 5.78. The van der Waals surface area contributed by atoms with Crippen LogP contribution >= 0.6 is 0 Å². The second kappa shape index (κ2) is 3.17. The largest absolute Gasteiger partial charge is 0.397 e. The van der Waals surface area contributed by atoms with Gasteiger partial charge in [-0.05, 0) is 32.0 Å². The fourth-order valence-corrected chi connectivity index (χ4v) is 1.51. The topological polar surface area (TPSA) is 72.0 Å². The van der Waals surface area contributed by atoms with E-state index < -0.39 is 5.60 Å². The lowest BCUT2D eigenvalue weighted by Crippen LogP contribution is -2.19. The van der Waals surface area contributed by atoms with E-state index in [0.29, 0.717) is 17.0 Å². The Bertz CT molecular complexity index is 503. The van der Waals surface area contributed by atoms with Gasteiger partial charge in [-0.1, -0.05) is 0 Å². The van der Waals surface area contributed by atoms with Crippen LogP contribution in [0.2, 0.25) is 0 Å². The van der Waals surface area contributed by atoms with Crippen LogP contribution < -0.4 is 5.73 Å². The van der Waals surface area contributed by atoms with E-state index in [1.54, 1.807) is 26.1 Å². The number of hydrogen-bond donors (Lipinski definition) is 2. The number of rotatable bonds is 1. The number of aliphatic hydroxyl groups is 1. The Labute approximate surface area is 87.8 Å². The Morgan fingerprint density at radius 2 is 2.13 bits per heavy atom. The molecule has 15 heavy (non-hydrogen) atoms. The van der Waals surface area contributed by atoms with Gasteiger partial charge in [0, 0.05) is 11.6 Å². The van der Waals surface area contributed by atoms with Gasteiger partial charge in [-0.2, -0.15) is 0 Å². The van der Waals surface area contributed by atoms with E-state index in [1.807, 2.05) is 12.1 Å². The van der Waals surface area contributed by atoms with Gasteiger partial charge >= 0.3 is 0 Å². The van der Waals surface area contributed by atoms with Crippen molar-refractivity contribution in [1.29, 1.82) is 0 Å². The third-order valence-electron chi connectivity index (χ3n) is 2.20. The standard InChI is InChI=1S/C11H13N3O/c1-11(2,15)9-8(12)6-7-4-3-5-13-10(7)14-9/h3-6,15H,12H2,1-2H3. The predicted molar refractivity (Wildman–Crippen MR) is 59.2 cm³/mol. The molecule has 0 aromatic carbocycles. The van der Waals surface area contributed by atoms with Gasteiger partial charge in [-0.3, -0.25) is 0 Å². The molecule has 0 aliphatic heterocycles. The first kappa shape index (κ1) is 9.86. The molecular formula is C11H13N3O. The van der Waals surface area contributed by atoms with Crippen LogP contribution in [0.4, 0.5) is 5.69 Å². The zero-order chi connectivity index (χ0) is 11.1. The van der Waals surface area contributed by atoms with Gasteiger partial charge in [0.15, 0.2) is 5.65 Å². The molecule has 0 unspecified atom stereocenters. The smallest absolute Gasteiger partial charge is 0.159 e. The maximum absolute atomic E-state index is 9.86. The molecule has 2 aromatic rings. The summed E-state index contributed by atoms with van der Waals surface area (Å²) < 4.78 is 0. The number of hydrogen-bond acceptors (Lipinski definition) is 4. The fourth-order valence-electron chi connectivity index (χ4n) is 1.51. The number of aromatic nitrogens is 2. The zero-order valence-electron chi connectivity index (χ0n) is 8.73. The van der Waals surface area contributed by atoms with E-state index in [9.17, 15) is 5.11 Å². The Balaban J connectivity index is 2.73. The Hall–Kier alpha value is -1.68. The summed E-state index contributed by atoms with van der Waals surface area (Å²) >= 11 is 0. The highest BCUT2D eigenvalue weighted by Crippen LogP contribution is 2.26. The molecule has 0 radical (unpaired) electrons. The first-order chi connectivity index (χ1) is 6.98. The van der Waals surface area contributed by atoms with E-state index in [-0.39, 0.29) is 0 Å². The number of pyridine rings is 2. The van der Waals surface area contributed by atoms with Crippen LogP contribution in [0, 0.1) is 0 Å². The van der Waals surface area contributed by atoms with Gasteiger partial charge in [0.2, 0.25) is 0 Å². The SMILES string of the molecule is CC(C)(O)c1nc2ncccc2cc1N. The average Bonchev–Trinajstić information content (AvgIpc) is 2.15. The van der Waals surface area contributed by atoms with E-state index >= 15 is 0 Å². The summed E-state index contributed by atoms with van der Waals surface area (Å²) in [5.41, 5.74) is 6.33. The van der Waals surface area contributed by atoms with Gasteiger partial charge in [0.25, 0.3) is 0 Å². The van der Waals surface area contributed by atoms with Gasteiger partial charge in [0.05, 0.1) is 11.4 Å². The molecule has 2 rings (SSSR count). The van der Waals surface area contributed by atoms with Crippen molar-refractivity contribution in [3.63, 3.8) is 0 Å². The zero-order valence-corrected chi connectivity index (χ0v) is 8.73. The molecule has 0 aliphatic rings. The lowest BCUT2D eigenvalue weighted by molar-refractivity contribution is 0.0750. The Morgan fingerprint density at radius 1 is 1.40 bits per heavy atom. The number of anilines is 1. The van der Waals surface area contributed by atoms with E-state index in [4.69, 9.17) is 5.73 Å². The first-order valence-corrected chi connectivity index (χ1v) is 4.72. The average molecular weight is 203 g/mol. The van der Waals surface area contributed by atoms with Crippen LogP contribution in [0.15, 0.2) is 24.4 Å². The maximum atomic E-state index is 9.86. The lowest BCUT2D eigenvalue weighted by Gasteiger charge is -2.18. The Kier molecular flexibility index (Phi) is 2.08. The third-order valence-corrected chi connectivity index (χ3v) is 2.20. The van der Waals surface area contributed by atoms with Gasteiger partial charge in [-0.25, -0.2) is 9.97 Å². The Morgan fingerprint density at radius 3 is 2.80 bits per heavy atom. The third kappa shape index (κ3) is 1.76. The molecule has 0 spiro atoms. The number of nitrogens with zero attached hydrogens (tertiary/aromatic N) is 2. The monoisotopic (exact) mass is 203 g/mol. The van der Waals surface area contributed by atoms with Crippen LogP contribution in [0.3, 0.4) is 0 Å². The minimum Gasteiger partial charge on any atom is -0.397 e. The summed E-state index contributed by atoms with van der Waals surface area (Å²) in [5, 5.41) is 10.7. The van der Waals surface area contributed by atoms with Crippen molar-refractivity contribution in [1.82, 2.24) is 9.97 Å².